The van der Waals surface area contributed by atoms with Crippen molar-refractivity contribution in [2.45, 2.75) is 37.9 Å². The van der Waals surface area contributed by atoms with Gasteiger partial charge in [0.05, 0.1) is 23.3 Å². The Hall–Kier alpha value is -5.67. The van der Waals surface area contributed by atoms with Crippen LogP contribution in [0.15, 0.2) is 95.8 Å². The highest BCUT2D eigenvalue weighted by Crippen LogP contribution is 2.35. The number of aromatic amines is 1. The third-order valence-electron chi connectivity index (χ3n) is 7.14. The van der Waals surface area contributed by atoms with Crippen LogP contribution in [0.4, 0.5) is 5.82 Å². The van der Waals surface area contributed by atoms with Crippen molar-refractivity contribution in [3.05, 3.63) is 123 Å². The van der Waals surface area contributed by atoms with E-state index in [1.165, 1.54) is 24.3 Å². The first-order valence-corrected chi connectivity index (χ1v) is 15.7. The van der Waals surface area contributed by atoms with Crippen molar-refractivity contribution in [1.29, 1.82) is 0 Å². The van der Waals surface area contributed by atoms with Crippen LogP contribution in [0.3, 0.4) is 0 Å². The van der Waals surface area contributed by atoms with E-state index in [2.05, 4.69) is 15.4 Å². The van der Waals surface area contributed by atoms with E-state index in [1.54, 1.807) is 66.7 Å². The number of carbonyl (C=O) groups excluding carboxylic acids is 4. The van der Waals surface area contributed by atoms with Crippen LogP contribution in [0, 0.1) is 4.77 Å². The second-order valence-corrected chi connectivity index (χ2v) is 11.0. The van der Waals surface area contributed by atoms with E-state index < -0.39 is 60.6 Å². The minimum Gasteiger partial charge on any atom is -0.464 e. The Morgan fingerprint density at radius 3 is 1.90 bits per heavy atom. The smallest absolute Gasteiger partial charge is 0.338 e. The molecule has 0 unspecified atom stereocenters. The summed E-state index contributed by atoms with van der Waals surface area (Å²) in [5, 5.41) is 6.88. The number of aromatic nitrogens is 3. The van der Waals surface area contributed by atoms with Gasteiger partial charge in [0.15, 0.2) is 23.2 Å². The summed E-state index contributed by atoms with van der Waals surface area (Å²) < 4.78 is 29.5. The van der Waals surface area contributed by atoms with Crippen molar-refractivity contribution in [3.8, 4) is 0 Å². The Kier molecular flexibility index (Phi) is 11.6. The zero-order chi connectivity index (χ0) is 34.8. The summed E-state index contributed by atoms with van der Waals surface area (Å²) in [5.74, 6) is -3.21. The van der Waals surface area contributed by atoms with Crippen molar-refractivity contribution < 1.29 is 42.9 Å². The monoisotopic (exact) mass is 688 g/mol. The van der Waals surface area contributed by atoms with Gasteiger partial charge in [-0.25, -0.2) is 19.1 Å². The first-order chi connectivity index (χ1) is 23.7. The second kappa shape index (κ2) is 16.4. The molecule has 1 aromatic heterocycles. The van der Waals surface area contributed by atoms with Crippen molar-refractivity contribution in [1.82, 2.24) is 14.8 Å². The predicted molar refractivity (Wildman–Crippen MR) is 175 cm³/mol. The van der Waals surface area contributed by atoms with Crippen molar-refractivity contribution in [3.63, 3.8) is 0 Å². The zero-order valence-electron chi connectivity index (χ0n) is 26.2. The molecular formula is C34H32N4O10S. The number of esters is 4. The number of H-pyrrole nitrogens is 1. The second-order valence-electron chi connectivity index (χ2n) is 10.6. The molecule has 4 aromatic rings. The van der Waals surface area contributed by atoms with Gasteiger partial charge in [-0.3, -0.25) is 14.6 Å². The predicted octanol–water partition coefficient (Wildman–Crippen LogP) is 3.87. The SMILES string of the molecule is CCCOC(=O)CNc1nn([C@@H]2O[C@@H](COC(=O)c3ccccc3)[C@@H](OC(=O)c3ccccc3)[C@@H]2OC(=O)c2ccccc2)c(=S)[nH]c1=O. The van der Waals surface area contributed by atoms with E-state index in [9.17, 15) is 24.0 Å². The van der Waals surface area contributed by atoms with E-state index >= 15 is 0 Å². The molecule has 49 heavy (non-hydrogen) atoms. The molecule has 1 saturated heterocycles. The fourth-order valence-corrected chi connectivity index (χ4v) is 5.01. The Morgan fingerprint density at radius 1 is 0.816 bits per heavy atom. The minimum absolute atomic E-state index is 0.180. The molecular weight excluding hydrogens is 656 g/mol. The number of benzene rings is 3. The van der Waals surface area contributed by atoms with Crippen LogP contribution >= 0.6 is 12.2 Å². The van der Waals surface area contributed by atoms with Crippen LogP contribution in [0.25, 0.3) is 0 Å². The van der Waals surface area contributed by atoms with Crippen LogP contribution in [0.1, 0.15) is 50.6 Å². The average Bonchev–Trinajstić information content (AvgIpc) is 3.45. The molecule has 0 saturated carbocycles. The van der Waals surface area contributed by atoms with Crippen LogP contribution < -0.4 is 10.9 Å². The van der Waals surface area contributed by atoms with Crippen molar-refractivity contribution >= 4 is 41.9 Å². The lowest BCUT2D eigenvalue weighted by molar-refractivity contribution is -0.141. The number of rotatable bonds is 13. The lowest BCUT2D eigenvalue weighted by atomic mass is 10.1. The van der Waals surface area contributed by atoms with Gasteiger partial charge in [-0.1, -0.05) is 61.5 Å². The van der Waals surface area contributed by atoms with E-state index in [4.69, 9.17) is 35.9 Å². The summed E-state index contributed by atoms with van der Waals surface area (Å²) in [6.07, 6.45) is -4.83. The molecule has 15 heteroatoms. The van der Waals surface area contributed by atoms with Gasteiger partial charge in [0.25, 0.3) is 5.56 Å². The molecule has 0 aliphatic carbocycles. The van der Waals surface area contributed by atoms with Crippen LogP contribution in [-0.2, 0) is 28.5 Å². The Balaban J connectivity index is 1.51. The van der Waals surface area contributed by atoms with Crippen LogP contribution in [0.5, 0.6) is 0 Å². The van der Waals surface area contributed by atoms with E-state index in [0.717, 1.165) is 4.68 Å². The summed E-state index contributed by atoms with van der Waals surface area (Å²) in [6, 6.07) is 24.3. The minimum atomic E-state index is -1.44. The lowest BCUT2D eigenvalue weighted by Gasteiger charge is -2.25. The van der Waals surface area contributed by atoms with Gasteiger partial charge in [0.2, 0.25) is 5.82 Å². The first-order valence-electron chi connectivity index (χ1n) is 15.3. The first kappa shape index (κ1) is 34.7. The number of ether oxygens (including phenoxy) is 5. The highest BCUT2D eigenvalue weighted by molar-refractivity contribution is 7.71. The van der Waals surface area contributed by atoms with E-state index in [0.29, 0.717) is 6.42 Å². The third-order valence-corrected chi connectivity index (χ3v) is 7.43. The summed E-state index contributed by atoms with van der Waals surface area (Å²) >= 11 is 5.41. The molecule has 3 aromatic carbocycles. The van der Waals surface area contributed by atoms with Crippen LogP contribution in [0.2, 0.25) is 0 Å². The Bertz CT molecular complexity index is 1890. The molecule has 0 bridgehead atoms. The van der Waals surface area contributed by atoms with Gasteiger partial charge >= 0.3 is 23.9 Å². The topological polar surface area (TPSA) is 177 Å². The molecule has 1 fully saturated rings. The van der Waals surface area contributed by atoms with Gasteiger partial charge in [0.1, 0.15) is 19.3 Å². The van der Waals surface area contributed by atoms with E-state index in [-0.39, 0.29) is 40.4 Å². The molecule has 0 amide bonds. The van der Waals surface area contributed by atoms with Gasteiger partial charge < -0.3 is 29.0 Å². The fourth-order valence-electron chi connectivity index (χ4n) is 4.78. The zero-order valence-corrected chi connectivity index (χ0v) is 27.0. The molecule has 4 atom stereocenters. The average molecular weight is 689 g/mol. The summed E-state index contributed by atoms with van der Waals surface area (Å²) in [6.45, 7) is 1.20. The number of anilines is 1. The molecule has 1 aliphatic rings. The maximum Gasteiger partial charge on any atom is 0.338 e. The van der Waals surface area contributed by atoms with Gasteiger partial charge in [0, 0.05) is 0 Å². The lowest BCUT2D eigenvalue weighted by Crippen LogP contribution is -2.42. The molecule has 14 nitrogen and oxygen atoms in total. The maximum absolute atomic E-state index is 13.4. The number of hydrogen-bond donors (Lipinski definition) is 2. The fraction of sp³-hybridized carbons (Fsp3) is 0.265. The molecule has 1 aliphatic heterocycles. The Morgan fingerprint density at radius 2 is 1.35 bits per heavy atom. The standard InChI is InChI=1S/C34H32N4O10S/c1-2-18-44-25(39)19-35-28-29(40)36-34(49)38(37-28)30-27(48-33(43)23-16-10-5-11-17-23)26(47-32(42)22-14-8-4-9-15-22)24(46-30)20-45-31(41)21-12-6-3-7-13-21/h3-17,24,26-27,30H,2,18-20H2,1H3,(H,35,37)(H,36,40,49)/t24-,26+,27-,30+/m0/s1. The van der Waals surface area contributed by atoms with Gasteiger partial charge in [-0.2, -0.15) is 0 Å². The quantitative estimate of drug-likeness (QED) is 0.118. The molecule has 254 valence electrons. The molecule has 0 radical (unpaired) electrons. The molecule has 2 heterocycles. The maximum atomic E-state index is 13.4. The van der Waals surface area contributed by atoms with Crippen molar-refractivity contribution in [2.75, 3.05) is 25.1 Å². The third kappa shape index (κ3) is 8.82. The number of hydrogen-bond acceptors (Lipinski definition) is 13. The van der Waals surface area contributed by atoms with Gasteiger partial charge in [-0.05, 0) is 55.0 Å². The van der Waals surface area contributed by atoms with Gasteiger partial charge in [-0.15, -0.1) is 5.10 Å². The summed E-state index contributed by atoms with van der Waals surface area (Å²) in [7, 11) is 0. The Labute approximate surface area is 284 Å². The normalized spacial score (nSPS) is 18.2. The number of carbonyl (C=O) groups is 4. The molecule has 2 N–H and O–H groups in total. The summed E-state index contributed by atoms with van der Waals surface area (Å²) in [4.78, 5) is 67.0. The van der Waals surface area contributed by atoms with Crippen molar-refractivity contribution in [2.24, 2.45) is 0 Å². The van der Waals surface area contributed by atoms with E-state index in [1.807, 2.05) is 6.92 Å². The number of nitrogens with zero attached hydrogens (tertiary/aromatic N) is 2. The highest BCUT2D eigenvalue weighted by Gasteiger charge is 2.52. The number of nitrogens with one attached hydrogen (secondary N) is 2. The van der Waals surface area contributed by atoms with Crippen LogP contribution in [-0.4, -0.2) is 76.7 Å². The summed E-state index contributed by atoms with van der Waals surface area (Å²) in [5.41, 5.74) is -0.112. The largest absolute Gasteiger partial charge is 0.464 e. The molecule has 0 spiro atoms. The highest BCUT2D eigenvalue weighted by atomic mass is 32.1. The molecule has 5 rings (SSSR count).